The van der Waals surface area contributed by atoms with Gasteiger partial charge in [-0.25, -0.2) is 0 Å². The molecule has 0 saturated heterocycles. The Morgan fingerprint density at radius 3 is 1.18 bits per heavy atom. The van der Waals surface area contributed by atoms with Crippen LogP contribution in [-0.4, -0.2) is 0 Å². The first-order valence-corrected chi connectivity index (χ1v) is 40.6. The van der Waals surface area contributed by atoms with Crippen LogP contribution in [0, 0.1) is 12.1 Å². The summed E-state index contributed by atoms with van der Waals surface area (Å²) >= 11 is 0. The summed E-state index contributed by atoms with van der Waals surface area (Å²) in [7, 11) is 0. The highest BCUT2D eigenvalue weighted by atomic mass is 16.6. The van der Waals surface area contributed by atoms with Crippen molar-refractivity contribution >= 4 is 77.6 Å². The van der Waals surface area contributed by atoms with E-state index in [2.05, 4.69) is 380 Å². The summed E-state index contributed by atoms with van der Waals surface area (Å²) in [6.45, 7) is 0. The van der Waals surface area contributed by atoms with E-state index in [1.165, 1.54) is 83.1 Å². The van der Waals surface area contributed by atoms with Gasteiger partial charge in [0.15, 0.2) is 46.0 Å². The molecule has 0 radical (unpaired) electrons. The third kappa shape index (κ3) is 9.39. The maximum Gasteiger partial charge on any atom is 0.172 e. The first-order chi connectivity index (χ1) is 58.9. The second-order valence-corrected chi connectivity index (χ2v) is 31.8. The van der Waals surface area contributed by atoms with Crippen molar-refractivity contribution in [1.29, 1.82) is 0 Å². The van der Waals surface area contributed by atoms with Gasteiger partial charge in [0.25, 0.3) is 0 Å². The molecule has 0 bridgehead atoms. The van der Waals surface area contributed by atoms with Crippen LogP contribution in [0.5, 0.6) is 46.0 Å². The summed E-state index contributed by atoms with van der Waals surface area (Å²) in [4.78, 5) is 4.57. The van der Waals surface area contributed by atoms with Crippen LogP contribution in [0.2, 0.25) is 0 Å². The van der Waals surface area contributed by atoms with Gasteiger partial charge in [-0.05, 0) is 254 Å². The fraction of sp³-hybridized carbons (Fsp3) is 0.0179. The van der Waals surface area contributed by atoms with E-state index < -0.39 is 10.8 Å². The van der Waals surface area contributed by atoms with Gasteiger partial charge in [-0.2, -0.15) is 0 Å². The number of hydrogen-bond donors (Lipinski definition) is 0. The number of hydrogen-bond acceptors (Lipinski definition) is 7. The third-order valence-electron chi connectivity index (χ3n) is 25.8. The van der Waals surface area contributed by atoms with Crippen LogP contribution >= 0.6 is 0 Å². The minimum Gasteiger partial charge on any atom is -0.456 e. The smallest absolute Gasteiger partial charge is 0.172 e. The van der Waals surface area contributed by atoms with Crippen LogP contribution < -0.4 is 28.7 Å². The number of ether oxygens (including phenoxy) is 4. The SMILES string of the molecule is c1c(-c2ccc3c(c2)-c2cc4c(cc2C32c3ccccc3-c3ccccc32)Oc2cc(N(c3ccccc3)c3ccc5oc6ccccc6c5c3)ccc2O4)cc2cccc(-c3ccc(N(c4ccc(-c5cccc6ccccc56)cc4)c4ccc5c(c4)Oc4cc6c(cc4O5)-c4ccccc4C64c5ccccc5-c5ccccc54)cc3)c2c#1. The van der Waals surface area contributed by atoms with Crippen LogP contribution in [0.25, 0.3) is 121 Å². The number of para-hydroxylation sites is 2. The Bertz CT molecular complexity index is 7670. The molecular weight excluding hydrogens is 1450 g/mol. The number of nitrogens with zero attached hydrogens (tertiary/aromatic N) is 2. The van der Waals surface area contributed by atoms with Gasteiger partial charge in [-0.1, -0.05) is 267 Å². The Hall–Kier alpha value is -15.9. The average molecular weight is 1520 g/mol. The lowest BCUT2D eigenvalue weighted by atomic mass is 9.70. The van der Waals surface area contributed by atoms with E-state index in [-0.39, 0.29) is 0 Å². The highest BCUT2D eigenvalue weighted by Crippen LogP contribution is 2.68. The quantitative estimate of drug-likeness (QED) is 0.143. The molecule has 19 aromatic carbocycles. The molecule has 0 saturated carbocycles. The average Bonchev–Trinajstić information content (AvgIpc) is 1.51. The summed E-state index contributed by atoms with van der Waals surface area (Å²) in [5.41, 5.74) is 32.1. The molecule has 7 nitrogen and oxygen atoms in total. The van der Waals surface area contributed by atoms with E-state index in [1.807, 2.05) is 30.3 Å². The highest BCUT2D eigenvalue weighted by molar-refractivity contribution is 6.08. The molecule has 0 N–H and O–H groups in total. The van der Waals surface area contributed by atoms with Crippen molar-refractivity contribution in [1.82, 2.24) is 0 Å². The first-order valence-electron chi connectivity index (χ1n) is 40.6. The lowest BCUT2D eigenvalue weighted by Crippen LogP contribution is -2.26. The predicted octanol–water partition coefficient (Wildman–Crippen LogP) is 29.9. The van der Waals surface area contributed by atoms with Crippen LogP contribution in [0.15, 0.2) is 393 Å². The van der Waals surface area contributed by atoms with E-state index in [1.54, 1.807) is 0 Å². The zero-order valence-electron chi connectivity index (χ0n) is 63.9. The van der Waals surface area contributed by atoms with Crippen LogP contribution in [0.4, 0.5) is 34.1 Å². The van der Waals surface area contributed by atoms with Gasteiger partial charge >= 0.3 is 0 Å². The second-order valence-electron chi connectivity index (χ2n) is 31.8. The van der Waals surface area contributed by atoms with Crippen molar-refractivity contribution in [2.24, 2.45) is 0 Å². The molecular formula is C112H64N2O5. The summed E-state index contributed by atoms with van der Waals surface area (Å²) in [5.74, 6) is 5.22. The van der Waals surface area contributed by atoms with Crippen molar-refractivity contribution in [2.45, 2.75) is 10.8 Å². The van der Waals surface area contributed by atoms with Gasteiger partial charge in [0.1, 0.15) is 11.2 Å². The number of anilines is 6. The van der Waals surface area contributed by atoms with E-state index in [9.17, 15) is 0 Å². The van der Waals surface area contributed by atoms with Gasteiger partial charge < -0.3 is 33.2 Å². The van der Waals surface area contributed by atoms with E-state index in [0.29, 0.717) is 46.0 Å². The Balaban J connectivity index is 0.548. The Morgan fingerprint density at radius 1 is 0.202 bits per heavy atom. The van der Waals surface area contributed by atoms with Crippen molar-refractivity contribution in [2.75, 3.05) is 9.80 Å². The first kappa shape index (κ1) is 65.5. The van der Waals surface area contributed by atoms with E-state index in [0.717, 1.165) is 117 Å². The molecule has 552 valence electrons. The summed E-state index contributed by atoms with van der Waals surface area (Å²) in [6.07, 6.45) is 0. The minimum atomic E-state index is -0.658. The van der Waals surface area contributed by atoms with Crippen LogP contribution in [0.1, 0.15) is 44.5 Å². The Labute approximate surface area is 685 Å². The molecule has 7 heteroatoms. The van der Waals surface area contributed by atoms with Gasteiger partial charge in [0.05, 0.1) is 22.2 Å². The molecule has 1 aromatic heterocycles. The van der Waals surface area contributed by atoms with Gasteiger partial charge in [-0.3, -0.25) is 0 Å². The third-order valence-corrected chi connectivity index (χ3v) is 25.8. The van der Waals surface area contributed by atoms with Crippen LogP contribution in [0.3, 0.4) is 0 Å². The summed E-state index contributed by atoms with van der Waals surface area (Å²) in [5, 5.41) is 6.58. The standard InChI is InChI=1S/C112H64N2O5/c1-2-23-73(24-3-1)114(76-50-55-102-92(60-76)88-31-11-17-39-101(88)115-102)78-52-57-104-106(62-78)119-110-66-100-91(64-108(110)117-104)89-59-71(45-54-98(89)112(100)95-36-14-8-28-85(95)86-29-9-15-37-96(86)112)70-44-53-82-72(58-70)22-19-33-81(82)69-42-48-75(49-43-69)113(74-46-40-68(41-47-74)80-32-18-21-67-20-4-5-25-79(67)80)77-51-56-103-105(61-77)118-109-65-99-90(63-107(109)116-103)87-30-10-16-38-97(87)111(99)93-34-12-6-26-83(93)84-27-7-13-35-94(84)111/h1-43,45-52,54-66H. The van der Waals surface area contributed by atoms with E-state index >= 15 is 0 Å². The molecule has 6 aliphatic rings. The normalized spacial score (nSPS) is 13.5. The largest absolute Gasteiger partial charge is 0.456 e. The summed E-state index contributed by atoms with van der Waals surface area (Å²) < 4.78 is 34.7. The zero-order valence-corrected chi connectivity index (χ0v) is 63.9. The van der Waals surface area contributed by atoms with E-state index in [4.69, 9.17) is 23.4 Å². The number of furan rings is 1. The highest BCUT2D eigenvalue weighted by Gasteiger charge is 2.54. The van der Waals surface area contributed by atoms with Crippen LogP contribution in [-0.2, 0) is 10.8 Å². The lowest BCUT2D eigenvalue weighted by Gasteiger charge is -2.31. The van der Waals surface area contributed by atoms with Crippen molar-refractivity contribution in [3.05, 3.63) is 445 Å². The molecule has 0 amide bonds. The number of benzene rings is 18. The Morgan fingerprint density at radius 2 is 0.588 bits per heavy atom. The zero-order chi connectivity index (χ0) is 77.8. The predicted molar refractivity (Wildman–Crippen MR) is 478 cm³/mol. The molecule has 0 atom stereocenters. The number of rotatable bonds is 9. The second kappa shape index (κ2) is 24.8. The van der Waals surface area contributed by atoms with Gasteiger partial charge in [0, 0.05) is 56.6 Å². The van der Waals surface area contributed by atoms with Crippen molar-refractivity contribution in [3.63, 3.8) is 0 Å². The topological polar surface area (TPSA) is 56.5 Å². The Kier molecular flexibility index (Phi) is 13.7. The molecule has 20 aromatic rings. The fourth-order valence-electron chi connectivity index (χ4n) is 20.7. The minimum absolute atomic E-state index is 0.532. The molecule has 2 aliphatic heterocycles. The monoisotopic (exact) mass is 1520 g/mol. The lowest BCUT2D eigenvalue weighted by molar-refractivity contribution is 0.359. The number of fused-ring (bicyclic) bond motifs is 29. The maximum atomic E-state index is 7.19. The van der Waals surface area contributed by atoms with Crippen molar-refractivity contribution in [3.8, 4) is 124 Å². The molecule has 0 fully saturated rings. The summed E-state index contributed by atoms with van der Waals surface area (Å²) in [6, 6.07) is 147. The van der Waals surface area contributed by atoms with Gasteiger partial charge in [0.2, 0.25) is 0 Å². The molecule has 2 spiro atoms. The van der Waals surface area contributed by atoms with Crippen molar-refractivity contribution < 1.29 is 23.4 Å². The maximum absolute atomic E-state index is 7.19. The molecule has 119 heavy (non-hydrogen) atoms. The molecule has 26 rings (SSSR count). The molecule has 4 aliphatic carbocycles. The molecule has 3 heterocycles. The van der Waals surface area contributed by atoms with Gasteiger partial charge in [-0.15, -0.1) is 0 Å². The fourth-order valence-corrected chi connectivity index (χ4v) is 20.7. The molecule has 0 unspecified atom stereocenters.